The van der Waals surface area contributed by atoms with Gasteiger partial charge in [-0.1, -0.05) is 30.4 Å². The number of nitrogens with zero attached hydrogens (tertiary/aromatic N) is 2. The van der Waals surface area contributed by atoms with E-state index in [1.807, 2.05) is 6.92 Å². The van der Waals surface area contributed by atoms with E-state index in [0.29, 0.717) is 45.3 Å². The average Bonchev–Trinajstić information content (AvgIpc) is 3.04. The van der Waals surface area contributed by atoms with E-state index in [0.717, 1.165) is 6.42 Å². The van der Waals surface area contributed by atoms with Gasteiger partial charge in [-0.2, -0.15) is 8.78 Å². The maximum absolute atomic E-state index is 12.9. The van der Waals surface area contributed by atoms with Crippen molar-refractivity contribution >= 4 is 57.7 Å². The molecule has 3 rings (SSSR count). The molecule has 0 spiro atoms. The lowest BCUT2D eigenvalue weighted by Gasteiger charge is -2.15. The molecule has 0 radical (unpaired) electrons. The van der Waals surface area contributed by atoms with E-state index in [-0.39, 0.29) is 24.0 Å². The fourth-order valence-electron chi connectivity index (χ4n) is 3.14. The molecule has 1 saturated heterocycles. The fraction of sp³-hybridized carbons (Fsp3) is 0.304. The van der Waals surface area contributed by atoms with Gasteiger partial charge in [-0.25, -0.2) is 4.99 Å². The van der Waals surface area contributed by atoms with Gasteiger partial charge in [0.25, 0.3) is 5.76 Å². The first-order valence-electron chi connectivity index (χ1n) is 10.3. The molecule has 6 nitrogen and oxygen atoms in total. The van der Waals surface area contributed by atoms with Crippen LogP contribution in [0, 0.1) is 0 Å². The van der Waals surface area contributed by atoms with Crippen molar-refractivity contribution in [2.75, 3.05) is 11.9 Å². The number of rotatable bonds is 9. The van der Waals surface area contributed by atoms with Crippen LogP contribution in [0.4, 0.5) is 20.2 Å². The molecule has 2 aromatic carbocycles. The zero-order chi connectivity index (χ0) is 24.0. The van der Waals surface area contributed by atoms with Gasteiger partial charge in [0.1, 0.15) is 5.25 Å². The molecule has 33 heavy (non-hydrogen) atoms. The Morgan fingerprint density at radius 2 is 1.82 bits per heavy atom. The molecule has 1 atom stereocenters. The van der Waals surface area contributed by atoms with E-state index in [1.165, 1.54) is 18.7 Å². The summed E-state index contributed by atoms with van der Waals surface area (Å²) in [4.78, 5) is 43.3. The van der Waals surface area contributed by atoms with E-state index in [4.69, 9.17) is 0 Å². The number of aliphatic imine (C=N–C) groups is 1. The number of benzene rings is 2. The normalized spacial score (nSPS) is 17.1. The number of amides is 2. The minimum absolute atomic E-state index is 0.0266. The molecule has 0 bridgehead atoms. The molecule has 1 N–H and O–H groups in total. The first kappa shape index (κ1) is 24.9. The van der Waals surface area contributed by atoms with Crippen molar-refractivity contribution in [3.8, 4) is 0 Å². The number of ketones is 1. The number of hydrogen-bond donors (Lipinski definition) is 1. The summed E-state index contributed by atoms with van der Waals surface area (Å²) in [5.74, 6) is -3.06. The van der Waals surface area contributed by atoms with Crippen LogP contribution in [0.1, 0.15) is 37.0 Å². The SMILES string of the molecule is CCCN1C(=O)C(CC(=O)Nc2ccc(C(C)=O)cc2)SC1=Nc1ccc(SC(F)F)cc1. The Morgan fingerprint density at radius 3 is 2.39 bits per heavy atom. The van der Waals surface area contributed by atoms with Crippen molar-refractivity contribution < 1.29 is 23.2 Å². The van der Waals surface area contributed by atoms with Crippen molar-refractivity contribution in [2.45, 2.75) is 42.6 Å². The summed E-state index contributed by atoms with van der Waals surface area (Å²) in [5.41, 5.74) is 1.63. The topological polar surface area (TPSA) is 78.8 Å². The summed E-state index contributed by atoms with van der Waals surface area (Å²) >= 11 is 1.67. The lowest BCUT2D eigenvalue weighted by molar-refractivity contribution is -0.128. The standard InChI is InChI=1S/C23H23F2N3O3S2/c1-3-12-28-21(31)19(13-20(30)26-16-6-4-15(5-7-16)14(2)29)33-23(28)27-17-8-10-18(11-9-17)32-22(24)25/h4-11,19,22H,3,12-13H2,1-2H3,(H,26,30). The third-order valence-corrected chi connectivity index (χ3v) is 6.60. The Kier molecular flexibility index (Phi) is 8.62. The van der Waals surface area contributed by atoms with Gasteiger partial charge in [-0.3, -0.25) is 19.3 Å². The number of anilines is 1. The van der Waals surface area contributed by atoms with Crippen molar-refractivity contribution in [3.63, 3.8) is 0 Å². The van der Waals surface area contributed by atoms with Crippen LogP contribution in [0.25, 0.3) is 0 Å². The number of thioether (sulfide) groups is 2. The van der Waals surface area contributed by atoms with Crippen molar-refractivity contribution in [2.24, 2.45) is 4.99 Å². The summed E-state index contributed by atoms with van der Waals surface area (Å²) in [6.45, 7) is 3.87. The van der Waals surface area contributed by atoms with Crippen LogP contribution in [0.3, 0.4) is 0 Å². The van der Waals surface area contributed by atoms with Gasteiger partial charge in [-0.05, 0) is 61.9 Å². The predicted octanol–water partition coefficient (Wildman–Crippen LogP) is 5.57. The molecule has 174 valence electrons. The summed E-state index contributed by atoms with van der Waals surface area (Å²) in [6, 6.07) is 12.9. The molecule has 1 aliphatic rings. The van der Waals surface area contributed by atoms with Crippen LogP contribution in [0.2, 0.25) is 0 Å². The minimum Gasteiger partial charge on any atom is -0.326 e. The Balaban J connectivity index is 1.68. The van der Waals surface area contributed by atoms with Crippen LogP contribution in [-0.2, 0) is 9.59 Å². The maximum atomic E-state index is 12.9. The van der Waals surface area contributed by atoms with E-state index >= 15 is 0 Å². The predicted molar refractivity (Wildman–Crippen MR) is 128 cm³/mol. The molecule has 0 aliphatic carbocycles. The lowest BCUT2D eigenvalue weighted by atomic mass is 10.1. The second-order valence-corrected chi connectivity index (χ2v) is 9.48. The molecular weight excluding hydrogens is 468 g/mol. The number of amidine groups is 1. The summed E-state index contributed by atoms with van der Waals surface area (Å²) < 4.78 is 25.0. The minimum atomic E-state index is -2.50. The van der Waals surface area contributed by atoms with Crippen molar-refractivity contribution in [3.05, 3.63) is 54.1 Å². The third kappa shape index (κ3) is 6.88. The van der Waals surface area contributed by atoms with E-state index in [9.17, 15) is 23.2 Å². The van der Waals surface area contributed by atoms with Gasteiger partial charge < -0.3 is 5.32 Å². The molecule has 2 aromatic rings. The van der Waals surface area contributed by atoms with Gasteiger partial charge in [0.05, 0.1) is 5.69 Å². The molecule has 0 saturated carbocycles. The van der Waals surface area contributed by atoms with E-state index in [1.54, 1.807) is 53.4 Å². The molecule has 2 amide bonds. The highest BCUT2D eigenvalue weighted by atomic mass is 32.2. The van der Waals surface area contributed by atoms with E-state index in [2.05, 4.69) is 10.3 Å². The Bertz CT molecular complexity index is 1040. The number of carbonyl (C=O) groups is 3. The van der Waals surface area contributed by atoms with Gasteiger partial charge in [-0.15, -0.1) is 0 Å². The summed E-state index contributed by atoms with van der Waals surface area (Å²) in [6.07, 6.45) is 0.692. The van der Waals surface area contributed by atoms with Gasteiger partial charge in [0, 0.05) is 29.1 Å². The Hall–Kier alpha value is -2.72. The summed E-state index contributed by atoms with van der Waals surface area (Å²) in [5, 5.41) is 2.63. The number of carbonyl (C=O) groups excluding carboxylic acids is 3. The first-order chi connectivity index (χ1) is 15.8. The van der Waals surface area contributed by atoms with Crippen LogP contribution < -0.4 is 5.32 Å². The molecule has 1 aliphatic heterocycles. The van der Waals surface area contributed by atoms with Crippen LogP contribution in [0.5, 0.6) is 0 Å². The quantitative estimate of drug-likeness (QED) is 0.366. The van der Waals surface area contributed by atoms with Crippen molar-refractivity contribution in [1.82, 2.24) is 4.90 Å². The van der Waals surface area contributed by atoms with Gasteiger partial charge in [0.2, 0.25) is 11.8 Å². The number of halogens is 2. The molecule has 0 aromatic heterocycles. The van der Waals surface area contributed by atoms with Crippen LogP contribution in [0.15, 0.2) is 58.4 Å². The Labute approximate surface area is 199 Å². The van der Waals surface area contributed by atoms with Crippen molar-refractivity contribution in [1.29, 1.82) is 0 Å². The smallest absolute Gasteiger partial charge is 0.288 e. The van der Waals surface area contributed by atoms with Gasteiger partial charge in [0.15, 0.2) is 11.0 Å². The number of hydrogen-bond acceptors (Lipinski definition) is 6. The monoisotopic (exact) mass is 491 g/mol. The Morgan fingerprint density at radius 1 is 1.15 bits per heavy atom. The highest BCUT2D eigenvalue weighted by Crippen LogP contribution is 2.33. The number of alkyl halides is 2. The molecule has 1 unspecified atom stereocenters. The second kappa shape index (κ2) is 11.4. The average molecular weight is 492 g/mol. The fourth-order valence-corrected chi connectivity index (χ4v) is 4.82. The summed E-state index contributed by atoms with van der Waals surface area (Å²) in [7, 11) is 0. The zero-order valence-corrected chi connectivity index (χ0v) is 19.7. The first-order valence-corrected chi connectivity index (χ1v) is 12.0. The zero-order valence-electron chi connectivity index (χ0n) is 18.1. The largest absolute Gasteiger partial charge is 0.326 e. The molecular formula is C23H23F2N3O3S2. The third-order valence-electron chi connectivity index (χ3n) is 4.70. The highest BCUT2D eigenvalue weighted by Gasteiger charge is 2.38. The molecule has 1 heterocycles. The maximum Gasteiger partial charge on any atom is 0.288 e. The molecule has 1 fully saturated rings. The van der Waals surface area contributed by atoms with E-state index < -0.39 is 11.0 Å². The number of Topliss-reactive ketones (excluding diaryl/α,β-unsaturated/α-hetero) is 1. The van der Waals surface area contributed by atoms with Crippen LogP contribution >= 0.6 is 23.5 Å². The lowest BCUT2D eigenvalue weighted by Crippen LogP contribution is -2.34. The highest BCUT2D eigenvalue weighted by molar-refractivity contribution is 8.15. The van der Waals surface area contributed by atoms with Gasteiger partial charge >= 0.3 is 0 Å². The number of nitrogens with one attached hydrogen (secondary N) is 1. The van der Waals surface area contributed by atoms with Crippen LogP contribution in [-0.4, -0.2) is 45.2 Å². The second-order valence-electron chi connectivity index (χ2n) is 7.25. The molecule has 10 heteroatoms.